The number of ether oxygens (including phenoxy) is 3. The van der Waals surface area contributed by atoms with Crippen LogP contribution in [0.1, 0.15) is 130 Å². The van der Waals surface area contributed by atoms with Crippen LogP contribution in [0.15, 0.2) is 0 Å². The predicted octanol–water partition coefficient (Wildman–Crippen LogP) is 2.68. The Morgan fingerprint density at radius 1 is 0.583 bits per heavy atom. The van der Waals surface area contributed by atoms with E-state index in [0.717, 1.165) is 38.5 Å². The van der Waals surface area contributed by atoms with Crippen LogP contribution in [0.2, 0.25) is 0 Å². The molecule has 0 radical (unpaired) electrons. The first-order valence-electron chi connectivity index (χ1n) is 17.9. The highest BCUT2D eigenvalue weighted by atomic mass is 16.5. The standard InChI is InChI=1S/C34H63N5O9/c1-4-7-23-46-31(42)20-18-28(34(45)48-25-9-6-3)39-30(41)19-17-27(33(44)47-24-8-5-2)38-29(40)16-11-10-14-22-37-32(43)26(36)15-12-13-21-35/h26-28H,4-25,35-36H2,1-3H3,(H,37,43)(H,38,40)(H,39,41). The second kappa shape index (κ2) is 29.8. The molecule has 7 N–H and O–H groups in total. The van der Waals surface area contributed by atoms with Crippen LogP contribution in [-0.2, 0) is 43.0 Å². The molecule has 0 aliphatic rings. The van der Waals surface area contributed by atoms with Gasteiger partial charge in [-0.2, -0.15) is 0 Å². The minimum absolute atomic E-state index is 0.00611. The summed E-state index contributed by atoms with van der Waals surface area (Å²) in [4.78, 5) is 75.3. The lowest BCUT2D eigenvalue weighted by Gasteiger charge is -2.20. The largest absolute Gasteiger partial charge is 0.466 e. The van der Waals surface area contributed by atoms with Crippen LogP contribution < -0.4 is 27.4 Å². The number of unbranched alkanes of at least 4 members (excludes halogenated alkanes) is 6. The summed E-state index contributed by atoms with van der Waals surface area (Å²) in [6, 6.07) is -2.68. The molecule has 0 heterocycles. The Bertz CT molecular complexity index is 935. The number of nitrogens with one attached hydrogen (secondary N) is 3. The molecule has 48 heavy (non-hydrogen) atoms. The van der Waals surface area contributed by atoms with E-state index in [1.807, 2.05) is 20.8 Å². The van der Waals surface area contributed by atoms with Gasteiger partial charge in [0.2, 0.25) is 17.7 Å². The van der Waals surface area contributed by atoms with Crippen molar-refractivity contribution in [2.45, 2.75) is 148 Å². The summed E-state index contributed by atoms with van der Waals surface area (Å²) in [6.45, 7) is 7.57. The molecule has 0 saturated heterocycles. The van der Waals surface area contributed by atoms with E-state index in [4.69, 9.17) is 25.7 Å². The smallest absolute Gasteiger partial charge is 0.328 e. The third-order valence-electron chi connectivity index (χ3n) is 7.47. The summed E-state index contributed by atoms with van der Waals surface area (Å²) in [6.07, 6.45) is 8.48. The number of amides is 3. The molecule has 0 aliphatic carbocycles. The maximum atomic E-state index is 12.9. The topological polar surface area (TPSA) is 218 Å². The van der Waals surface area contributed by atoms with Crippen molar-refractivity contribution in [2.24, 2.45) is 11.5 Å². The Morgan fingerprint density at radius 2 is 1.10 bits per heavy atom. The van der Waals surface area contributed by atoms with Gasteiger partial charge >= 0.3 is 17.9 Å². The first kappa shape index (κ1) is 44.7. The molecule has 0 spiro atoms. The van der Waals surface area contributed by atoms with Crippen LogP contribution in [0.3, 0.4) is 0 Å². The van der Waals surface area contributed by atoms with Crippen molar-refractivity contribution in [1.82, 2.24) is 16.0 Å². The van der Waals surface area contributed by atoms with Crippen LogP contribution >= 0.6 is 0 Å². The second-order valence-corrected chi connectivity index (χ2v) is 11.9. The van der Waals surface area contributed by atoms with Gasteiger partial charge in [-0.25, -0.2) is 9.59 Å². The van der Waals surface area contributed by atoms with E-state index in [1.165, 1.54) is 0 Å². The first-order chi connectivity index (χ1) is 23.1. The Balaban J connectivity index is 4.97. The molecule has 0 saturated carbocycles. The molecule has 0 rings (SSSR count). The van der Waals surface area contributed by atoms with Gasteiger partial charge in [0.1, 0.15) is 12.1 Å². The molecule has 0 bridgehead atoms. The number of carbonyl (C=O) groups is 6. The predicted molar refractivity (Wildman–Crippen MR) is 182 cm³/mol. The normalized spacial score (nSPS) is 12.7. The van der Waals surface area contributed by atoms with E-state index in [0.29, 0.717) is 58.2 Å². The minimum atomic E-state index is -1.06. The van der Waals surface area contributed by atoms with Crippen molar-refractivity contribution in [2.75, 3.05) is 32.9 Å². The maximum Gasteiger partial charge on any atom is 0.328 e. The molecule has 3 amide bonds. The lowest BCUT2D eigenvalue weighted by molar-refractivity contribution is -0.150. The van der Waals surface area contributed by atoms with Crippen LogP contribution in [0.5, 0.6) is 0 Å². The van der Waals surface area contributed by atoms with E-state index < -0.39 is 41.9 Å². The van der Waals surface area contributed by atoms with Gasteiger partial charge in [0.05, 0.1) is 25.9 Å². The third kappa shape index (κ3) is 24.0. The summed E-state index contributed by atoms with van der Waals surface area (Å²) >= 11 is 0. The van der Waals surface area contributed by atoms with Gasteiger partial charge in [0.15, 0.2) is 0 Å². The summed E-state index contributed by atoms with van der Waals surface area (Å²) in [5.41, 5.74) is 11.4. The van der Waals surface area contributed by atoms with Crippen LogP contribution in [0.4, 0.5) is 0 Å². The van der Waals surface area contributed by atoms with Gasteiger partial charge in [-0.15, -0.1) is 0 Å². The van der Waals surface area contributed by atoms with Crippen molar-refractivity contribution >= 4 is 35.6 Å². The zero-order chi connectivity index (χ0) is 36.0. The molecule has 14 nitrogen and oxygen atoms in total. The molecule has 0 aromatic heterocycles. The molecular weight excluding hydrogens is 622 g/mol. The molecule has 0 aliphatic heterocycles. The lowest BCUT2D eigenvalue weighted by atomic mass is 10.1. The van der Waals surface area contributed by atoms with E-state index >= 15 is 0 Å². The summed E-state index contributed by atoms with van der Waals surface area (Å²) in [5.74, 6) is -2.86. The van der Waals surface area contributed by atoms with E-state index in [9.17, 15) is 28.8 Å². The van der Waals surface area contributed by atoms with Gasteiger partial charge in [-0.1, -0.05) is 52.9 Å². The van der Waals surface area contributed by atoms with Crippen molar-refractivity contribution in [1.29, 1.82) is 0 Å². The van der Waals surface area contributed by atoms with Crippen LogP contribution in [0.25, 0.3) is 0 Å². The zero-order valence-electron chi connectivity index (χ0n) is 29.6. The first-order valence-corrected chi connectivity index (χ1v) is 17.9. The lowest BCUT2D eigenvalue weighted by Crippen LogP contribution is -2.45. The molecule has 3 unspecified atom stereocenters. The monoisotopic (exact) mass is 685 g/mol. The van der Waals surface area contributed by atoms with E-state index in [-0.39, 0.29) is 57.1 Å². The fraction of sp³-hybridized carbons (Fsp3) is 0.824. The number of rotatable bonds is 30. The van der Waals surface area contributed by atoms with Crippen molar-refractivity contribution in [3.8, 4) is 0 Å². The Morgan fingerprint density at radius 3 is 1.65 bits per heavy atom. The molecule has 0 aromatic rings. The number of hydrogen-bond acceptors (Lipinski definition) is 11. The highest BCUT2D eigenvalue weighted by Crippen LogP contribution is 2.08. The SMILES string of the molecule is CCCCOC(=O)CCC(NC(=O)CCC(NC(=O)CCCCCNC(=O)C(N)CCCCN)C(=O)OCCCC)C(=O)OCCCC. The highest BCUT2D eigenvalue weighted by molar-refractivity contribution is 5.87. The highest BCUT2D eigenvalue weighted by Gasteiger charge is 2.27. The Hall–Kier alpha value is -3.26. The fourth-order valence-corrected chi connectivity index (χ4v) is 4.38. The molecule has 3 atom stereocenters. The maximum absolute atomic E-state index is 12.9. The summed E-state index contributed by atoms with van der Waals surface area (Å²) < 4.78 is 15.8. The van der Waals surface area contributed by atoms with Crippen molar-refractivity contribution in [3.05, 3.63) is 0 Å². The van der Waals surface area contributed by atoms with Gasteiger partial charge in [-0.05, 0) is 64.3 Å². The van der Waals surface area contributed by atoms with Gasteiger partial charge < -0.3 is 41.6 Å². The summed E-state index contributed by atoms with van der Waals surface area (Å²) in [7, 11) is 0. The third-order valence-corrected chi connectivity index (χ3v) is 7.47. The number of carbonyl (C=O) groups excluding carboxylic acids is 6. The number of hydrogen-bond donors (Lipinski definition) is 5. The number of esters is 3. The van der Waals surface area contributed by atoms with Gasteiger partial charge in [0, 0.05) is 25.8 Å². The Kier molecular flexibility index (Phi) is 27.8. The van der Waals surface area contributed by atoms with Crippen molar-refractivity contribution < 1.29 is 43.0 Å². The van der Waals surface area contributed by atoms with Crippen LogP contribution in [0, 0.1) is 0 Å². The van der Waals surface area contributed by atoms with Crippen molar-refractivity contribution in [3.63, 3.8) is 0 Å². The molecule has 14 heteroatoms. The van der Waals surface area contributed by atoms with E-state index in [2.05, 4.69) is 16.0 Å². The van der Waals surface area contributed by atoms with Gasteiger partial charge in [0.25, 0.3) is 0 Å². The number of nitrogens with two attached hydrogens (primary N) is 2. The van der Waals surface area contributed by atoms with E-state index in [1.54, 1.807) is 0 Å². The zero-order valence-corrected chi connectivity index (χ0v) is 29.6. The molecule has 0 aromatic carbocycles. The Labute approximate surface area is 286 Å². The summed E-state index contributed by atoms with van der Waals surface area (Å²) in [5, 5.41) is 8.11. The average molecular weight is 686 g/mol. The van der Waals surface area contributed by atoms with Gasteiger partial charge in [-0.3, -0.25) is 19.2 Å². The van der Waals surface area contributed by atoms with Crippen LogP contribution in [-0.4, -0.2) is 86.7 Å². The average Bonchev–Trinajstić information content (AvgIpc) is 3.06. The minimum Gasteiger partial charge on any atom is -0.466 e. The molecule has 0 fully saturated rings. The quantitative estimate of drug-likeness (QED) is 0.0420. The second-order valence-electron chi connectivity index (χ2n) is 11.9. The molecule has 278 valence electrons. The fourth-order valence-electron chi connectivity index (χ4n) is 4.38. The molecular formula is C34H63N5O9.